The highest BCUT2D eigenvalue weighted by molar-refractivity contribution is 5.95. The number of carbonyl (C=O) groups is 1. The minimum Gasteiger partial charge on any atom is -0.351 e. The second-order valence-corrected chi connectivity index (χ2v) is 7.53. The fourth-order valence-electron chi connectivity index (χ4n) is 2.84. The van der Waals surface area contributed by atoms with Gasteiger partial charge in [-0.2, -0.15) is 0 Å². The van der Waals surface area contributed by atoms with Gasteiger partial charge >= 0.3 is 0 Å². The summed E-state index contributed by atoms with van der Waals surface area (Å²) in [6, 6.07) is 18.0. The number of hydrogen-bond acceptors (Lipinski definition) is 2. The highest BCUT2D eigenvalue weighted by Crippen LogP contribution is 2.24. The fraction of sp³-hybridized carbons (Fsp3) is 0.217. The Morgan fingerprint density at radius 2 is 1.63 bits per heavy atom. The maximum atomic E-state index is 12.4. The summed E-state index contributed by atoms with van der Waals surface area (Å²) in [5, 5.41) is 2.99. The molecule has 2 N–H and O–H groups in total. The first kappa shape index (κ1) is 18.6. The highest BCUT2D eigenvalue weighted by atomic mass is 16.1. The summed E-state index contributed by atoms with van der Waals surface area (Å²) in [6.45, 7) is 5.93. The lowest BCUT2D eigenvalue weighted by Gasteiger charge is -2.20. The zero-order chi connectivity index (χ0) is 19.3. The zero-order valence-corrected chi connectivity index (χ0v) is 16.0. The van der Waals surface area contributed by atoms with Crippen molar-refractivity contribution in [2.75, 3.05) is 0 Å². The third kappa shape index (κ3) is 5.17. The van der Waals surface area contributed by atoms with E-state index in [9.17, 15) is 4.79 Å². The fourth-order valence-corrected chi connectivity index (χ4v) is 2.84. The quantitative estimate of drug-likeness (QED) is 0.699. The number of allylic oxidation sites excluding steroid dienone is 1. The molecule has 0 fully saturated rings. The van der Waals surface area contributed by atoms with Crippen molar-refractivity contribution < 1.29 is 4.79 Å². The van der Waals surface area contributed by atoms with E-state index in [1.54, 1.807) is 6.33 Å². The number of hydrogen-bond donors (Lipinski definition) is 2. The molecule has 0 saturated carbocycles. The van der Waals surface area contributed by atoms with E-state index in [1.165, 1.54) is 0 Å². The van der Waals surface area contributed by atoms with Crippen molar-refractivity contribution in [3.63, 3.8) is 0 Å². The van der Waals surface area contributed by atoms with Gasteiger partial charge < -0.3 is 10.3 Å². The number of amides is 1. The van der Waals surface area contributed by atoms with Crippen LogP contribution in [0.15, 0.2) is 73.2 Å². The third-order valence-corrected chi connectivity index (χ3v) is 4.10. The third-order valence-electron chi connectivity index (χ3n) is 4.10. The van der Waals surface area contributed by atoms with Gasteiger partial charge in [0.2, 0.25) is 0 Å². The van der Waals surface area contributed by atoms with Gasteiger partial charge in [-0.25, -0.2) is 4.98 Å². The molecule has 138 valence electrons. The van der Waals surface area contributed by atoms with E-state index in [0.717, 1.165) is 28.8 Å². The van der Waals surface area contributed by atoms with Crippen molar-refractivity contribution >= 4 is 11.5 Å². The largest absolute Gasteiger partial charge is 0.351 e. The molecule has 2 aromatic carbocycles. The Kier molecular flexibility index (Phi) is 5.55. The molecule has 4 nitrogen and oxygen atoms in total. The second kappa shape index (κ2) is 8.04. The van der Waals surface area contributed by atoms with Gasteiger partial charge in [-0.05, 0) is 49.6 Å². The number of aromatic nitrogens is 2. The molecular weight excluding hydrogens is 334 g/mol. The molecule has 3 aromatic rings. The van der Waals surface area contributed by atoms with Crippen molar-refractivity contribution in [2.24, 2.45) is 0 Å². The summed E-state index contributed by atoms with van der Waals surface area (Å²) >= 11 is 0. The van der Waals surface area contributed by atoms with Crippen molar-refractivity contribution in [2.45, 2.75) is 32.7 Å². The van der Waals surface area contributed by atoms with Gasteiger partial charge in [0.05, 0.1) is 12.0 Å². The molecule has 0 bridgehead atoms. The highest BCUT2D eigenvalue weighted by Gasteiger charge is 2.15. The lowest BCUT2D eigenvalue weighted by Crippen LogP contribution is -2.40. The van der Waals surface area contributed by atoms with E-state index >= 15 is 0 Å². The van der Waals surface area contributed by atoms with Crippen LogP contribution in [0.4, 0.5) is 0 Å². The first-order valence-corrected chi connectivity index (χ1v) is 9.08. The smallest absolute Gasteiger partial charge is 0.251 e. The van der Waals surface area contributed by atoms with Crippen LogP contribution in [0.5, 0.6) is 0 Å². The van der Waals surface area contributed by atoms with Gasteiger partial charge in [0.15, 0.2) is 0 Å². The van der Waals surface area contributed by atoms with Crippen LogP contribution >= 0.6 is 0 Å². The van der Waals surface area contributed by atoms with Crippen LogP contribution in [-0.2, 0) is 6.42 Å². The molecule has 3 rings (SSSR count). The summed E-state index contributed by atoms with van der Waals surface area (Å²) in [7, 11) is 0. The van der Waals surface area contributed by atoms with Crippen LogP contribution in [0, 0.1) is 0 Å². The van der Waals surface area contributed by atoms with Crippen LogP contribution in [0.25, 0.3) is 5.57 Å². The minimum atomic E-state index is -0.256. The van der Waals surface area contributed by atoms with Crippen molar-refractivity contribution in [1.82, 2.24) is 15.3 Å². The van der Waals surface area contributed by atoms with Gasteiger partial charge in [-0.1, -0.05) is 48.5 Å². The Hall–Kier alpha value is -3.14. The topological polar surface area (TPSA) is 57.8 Å². The normalized spacial score (nSPS) is 12.0. The van der Waals surface area contributed by atoms with E-state index in [4.69, 9.17) is 0 Å². The predicted octanol–water partition coefficient (Wildman–Crippen LogP) is 4.61. The Morgan fingerprint density at radius 3 is 2.22 bits per heavy atom. The molecule has 0 unspecified atom stereocenters. The van der Waals surface area contributed by atoms with Crippen LogP contribution < -0.4 is 5.32 Å². The van der Waals surface area contributed by atoms with Crippen LogP contribution in [0.1, 0.15) is 48.0 Å². The Morgan fingerprint density at radius 1 is 1.00 bits per heavy atom. The summed E-state index contributed by atoms with van der Waals surface area (Å²) in [5.41, 5.74) is 4.73. The molecule has 0 aliphatic carbocycles. The molecule has 1 heterocycles. The summed E-state index contributed by atoms with van der Waals surface area (Å²) in [4.78, 5) is 19.6. The molecule has 1 aromatic heterocycles. The molecular formula is C23H25N3O. The molecule has 4 heteroatoms. The number of benzene rings is 2. The van der Waals surface area contributed by atoms with E-state index in [-0.39, 0.29) is 11.4 Å². The molecule has 1 amide bonds. The van der Waals surface area contributed by atoms with Gasteiger partial charge in [0.25, 0.3) is 5.91 Å². The molecule has 0 spiro atoms. The van der Waals surface area contributed by atoms with E-state index < -0.39 is 0 Å². The second-order valence-electron chi connectivity index (χ2n) is 7.53. The first-order chi connectivity index (χ1) is 12.9. The number of aromatic amines is 1. The van der Waals surface area contributed by atoms with E-state index in [1.807, 2.05) is 69.4 Å². The number of rotatable bonds is 5. The van der Waals surface area contributed by atoms with Gasteiger partial charge in [0.1, 0.15) is 0 Å². The van der Waals surface area contributed by atoms with Crippen molar-refractivity contribution in [1.29, 1.82) is 0 Å². The lowest BCUT2D eigenvalue weighted by atomic mass is 9.95. The summed E-state index contributed by atoms with van der Waals surface area (Å²) in [5.74, 6) is -0.0594. The SMILES string of the molecule is CC(C)(C)NC(=O)c1ccc(/C(=C/Cc2c[nH]cn2)c2ccccc2)cc1. The number of nitrogens with zero attached hydrogens (tertiary/aromatic N) is 1. The monoisotopic (exact) mass is 359 g/mol. The molecule has 0 atom stereocenters. The van der Waals surface area contributed by atoms with Crippen LogP contribution in [0.2, 0.25) is 0 Å². The molecule has 27 heavy (non-hydrogen) atoms. The maximum absolute atomic E-state index is 12.4. The molecule has 0 aliphatic rings. The maximum Gasteiger partial charge on any atom is 0.251 e. The molecule has 0 aliphatic heterocycles. The lowest BCUT2D eigenvalue weighted by molar-refractivity contribution is 0.0919. The van der Waals surface area contributed by atoms with Gasteiger partial charge in [0, 0.05) is 23.7 Å². The Bertz CT molecular complexity index is 903. The zero-order valence-electron chi connectivity index (χ0n) is 16.0. The van der Waals surface area contributed by atoms with Crippen LogP contribution in [0.3, 0.4) is 0 Å². The molecule has 0 radical (unpaired) electrons. The van der Waals surface area contributed by atoms with Gasteiger partial charge in [-0.15, -0.1) is 0 Å². The number of carbonyl (C=O) groups excluding carboxylic acids is 1. The molecule has 0 saturated heterocycles. The minimum absolute atomic E-state index is 0.0594. The van der Waals surface area contributed by atoms with E-state index in [0.29, 0.717) is 5.56 Å². The van der Waals surface area contributed by atoms with Crippen molar-refractivity contribution in [3.05, 3.63) is 95.6 Å². The van der Waals surface area contributed by atoms with Crippen LogP contribution in [-0.4, -0.2) is 21.4 Å². The number of H-pyrrole nitrogens is 1. The number of nitrogens with one attached hydrogen (secondary N) is 2. The summed E-state index contributed by atoms with van der Waals surface area (Å²) < 4.78 is 0. The Labute approximate surface area is 160 Å². The van der Waals surface area contributed by atoms with Gasteiger partial charge in [-0.3, -0.25) is 4.79 Å². The predicted molar refractivity (Wildman–Crippen MR) is 109 cm³/mol. The Balaban J connectivity index is 1.88. The average Bonchev–Trinajstić information content (AvgIpc) is 3.15. The van der Waals surface area contributed by atoms with Crippen molar-refractivity contribution in [3.8, 4) is 0 Å². The number of imidazole rings is 1. The standard InChI is InChI=1S/C23H25N3O/c1-23(2,3)26-22(27)19-11-9-18(10-12-19)21(17-7-5-4-6-8-17)14-13-20-15-24-16-25-20/h4-12,14-16H,13H2,1-3H3,(H,24,25)(H,26,27)/b21-14+. The first-order valence-electron chi connectivity index (χ1n) is 9.08. The average molecular weight is 359 g/mol. The summed E-state index contributed by atoms with van der Waals surface area (Å²) in [6.07, 6.45) is 6.50. The van der Waals surface area contributed by atoms with E-state index in [2.05, 4.69) is 33.5 Å².